The van der Waals surface area contributed by atoms with Crippen molar-refractivity contribution in [3.63, 3.8) is 0 Å². The van der Waals surface area contributed by atoms with E-state index in [4.69, 9.17) is 9.72 Å². The highest BCUT2D eigenvalue weighted by molar-refractivity contribution is 6.02. The van der Waals surface area contributed by atoms with E-state index in [9.17, 15) is 19.1 Å². The normalized spacial score (nSPS) is 14.5. The molecule has 1 aliphatic carbocycles. The van der Waals surface area contributed by atoms with Gasteiger partial charge in [0.25, 0.3) is 0 Å². The Morgan fingerprint density at radius 2 is 1.88 bits per heavy atom. The maximum Gasteiger partial charge on any atom is 0.308 e. The minimum absolute atomic E-state index is 0.180. The molecule has 0 radical (unpaired) electrons. The number of hydrogen-bond acceptors (Lipinski definition) is 5. The molecule has 1 unspecified atom stereocenters. The van der Waals surface area contributed by atoms with Crippen LogP contribution in [0.1, 0.15) is 49.8 Å². The fourth-order valence-electron chi connectivity index (χ4n) is 3.97. The van der Waals surface area contributed by atoms with E-state index in [1.807, 2.05) is 24.3 Å². The highest BCUT2D eigenvalue weighted by Gasteiger charge is 2.29. The maximum atomic E-state index is 13.6. The lowest BCUT2D eigenvalue weighted by Crippen LogP contribution is -2.18. The van der Waals surface area contributed by atoms with Crippen molar-refractivity contribution in [2.24, 2.45) is 0 Å². The number of para-hydroxylation sites is 1. The van der Waals surface area contributed by atoms with Crippen LogP contribution in [0.5, 0.6) is 0 Å². The smallest absolute Gasteiger partial charge is 0.308 e. The van der Waals surface area contributed by atoms with Gasteiger partial charge in [0, 0.05) is 28.9 Å². The van der Waals surface area contributed by atoms with Gasteiger partial charge in [-0.2, -0.15) is 0 Å². The first-order chi connectivity index (χ1) is 16.0. The van der Waals surface area contributed by atoms with Crippen LogP contribution >= 0.6 is 0 Å². The number of aromatic nitrogens is 1. The summed E-state index contributed by atoms with van der Waals surface area (Å²) in [6, 6.07) is 14.1. The minimum atomic E-state index is -1.10. The number of nitrogens with zero attached hydrogens (tertiary/aromatic N) is 1. The molecule has 0 amide bonds. The van der Waals surface area contributed by atoms with E-state index in [-0.39, 0.29) is 31.0 Å². The average Bonchev–Trinajstić information content (AvgIpc) is 3.63. The summed E-state index contributed by atoms with van der Waals surface area (Å²) >= 11 is 0. The van der Waals surface area contributed by atoms with Crippen LogP contribution in [0, 0.1) is 5.82 Å². The third kappa shape index (κ3) is 5.52. The zero-order valence-electron chi connectivity index (χ0n) is 18.5. The van der Waals surface area contributed by atoms with E-state index in [1.165, 1.54) is 18.2 Å². The SMILES string of the molecule is CCOC(=O)CC(O)CC(=O)/C=C/c1c(C2CC2)nc2ccccc2c1-c1ccc(F)cc1. The molecule has 0 saturated heterocycles. The van der Waals surface area contributed by atoms with Crippen molar-refractivity contribution in [1.29, 1.82) is 0 Å². The van der Waals surface area contributed by atoms with Crippen molar-refractivity contribution in [2.75, 3.05) is 6.61 Å². The Labute approximate surface area is 191 Å². The number of carbonyl (C=O) groups is 2. The number of ether oxygens (including phenoxy) is 1. The van der Waals surface area contributed by atoms with E-state index < -0.39 is 12.1 Å². The summed E-state index contributed by atoms with van der Waals surface area (Å²) in [5.41, 5.74) is 4.34. The molecule has 1 heterocycles. The van der Waals surface area contributed by atoms with Crippen molar-refractivity contribution in [1.82, 2.24) is 4.98 Å². The minimum Gasteiger partial charge on any atom is -0.466 e. The van der Waals surface area contributed by atoms with E-state index in [2.05, 4.69) is 0 Å². The molecule has 1 N–H and O–H groups in total. The largest absolute Gasteiger partial charge is 0.466 e. The lowest BCUT2D eigenvalue weighted by molar-refractivity contribution is -0.145. The lowest BCUT2D eigenvalue weighted by Gasteiger charge is -2.15. The number of benzene rings is 2. The van der Waals surface area contributed by atoms with Gasteiger partial charge in [-0.15, -0.1) is 0 Å². The Morgan fingerprint density at radius 1 is 1.15 bits per heavy atom. The topological polar surface area (TPSA) is 76.5 Å². The Bertz CT molecular complexity index is 1200. The van der Waals surface area contributed by atoms with E-state index in [0.29, 0.717) is 5.92 Å². The van der Waals surface area contributed by atoms with Gasteiger partial charge in [0.2, 0.25) is 0 Å². The second-order valence-corrected chi connectivity index (χ2v) is 8.25. The fraction of sp³-hybridized carbons (Fsp3) is 0.296. The van der Waals surface area contributed by atoms with Crippen LogP contribution in [0.2, 0.25) is 0 Å². The molecule has 2 aromatic carbocycles. The summed E-state index contributed by atoms with van der Waals surface area (Å²) in [6.45, 7) is 1.91. The summed E-state index contributed by atoms with van der Waals surface area (Å²) in [5.74, 6) is -0.831. The fourth-order valence-corrected chi connectivity index (χ4v) is 3.97. The van der Waals surface area contributed by atoms with Gasteiger partial charge < -0.3 is 9.84 Å². The molecular formula is C27H26FNO4. The van der Waals surface area contributed by atoms with Crippen molar-refractivity contribution in [2.45, 2.75) is 44.6 Å². The Kier molecular flexibility index (Phi) is 6.94. The zero-order valence-corrected chi connectivity index (χ0v) is 18.5. The van der Waals surface area contributed by atoms with Crippen LogP contribution in [0.15, 0.2) is 54.6 Å². The van der Waals surface area contributed by atoms with Gasteiger partial charge in [-0.25, -0.2) is 4.39 Å². The van der Waals surface area contributed by atoms with Gasteiger partial charge >= 0.3 is 5.97 Å². The molecule has 0 bridgehead atoms. The second-order valence-electron chi connectivity index (χ2n) is 8.25. The summed E-state index contributed by atoms with van der Waals surface area (Å²) in [6.07, 6.45) is 3.72. The molecule has 1 fully saturated rings. The molecule has 33 heavy (non-hydrogen) atoms. The van der Waals surface area contributed by atoms with E-state index >= 15 is 0 Å². The van der Waals surface area contributed by atoms with Gasteiger partial charge in [0.15, 0.2) is 5.78 Å². The number of halogens is 1. The summed E-state index contributed by atoms with van der Waals surface area (Å²) < 4.78 is 18.4. The number of carbonyl (C=O) groups excluding carboxylic acids is 2. The number of esters is 1. The van der Waals surface area contributed by atoms with Crippen LogP contribution in [-0.2, 0) is 14.3 Å². The van der Waals surface area contributed by atoms with Crippen LogP contribution in [0.25, 0.3) is 28.1 Å². The highest BCUT2D eigenvalue weighted by atomic mass is 19.1. The van der Waals surface area contributed by atoms with Gasteiger partial charge in [-0.1, -0.05) is 30.3 Å². The third-order valence-corrected chi connectivity index (χ3v) is 5.64. The molecule has 170 valence electrons. The first-order valence-electron chi connectivity index (χ1n) is 11.2. The summed E-state index contributed by atoms with van der Waals surface area (Å²) in [7, 11) is 0. The monoisotopic (exact) mass is 447 g/mol. The number of ketones is 1. The number of fused-ring (bicyclic) bond motifs is 1. The number of allylic oxidation sites excluding steroid dienone is 1. The molecule has 6 heteroatoms. The van der Waals surface area contributed by atoms with Crippen LogP contribution in [-0.4, -0.2) is 34.6 Å². The first kappa shape index (κ1) is 22.8. The number of hydrogen-bond donors (Lipinski definition) is 1. The number of aliphatic hydroxyl groups is 1. The molecule has 0 spiro atoms. The molecule has 5 nitrogen and oxygen atoms in total. The zero-order chi connectivity index (χ0) is 23.4. The molecule has 0 aliphatic heterocycles. The summed E-state index contributed by atoms with van der Waals surface area (Å²) in [5, 5.41) is 11.0. The van der Waals surface area contributed by atoms with Gasteiger partial charge in [-0.05, 0) is 55.7 Å². The Hall–Kier alpha value is -3.38. The molecule has 3 aromatic rings. The quantitative estimate of drug-likeness (QED) is 0.360. The highest BCUT2D eigenvalue weighted by Crippen LogP contribution is 2.45. The van der Waals surface area contributed by atoms with Gasteiger partial charge in [0.1, 0.15) is 5.82 Å². The number of aliphatic hydroxyl groups excluding tert-OH is 1. The molecule has 1 saturated carbocycles. The third-order valence-electron chi connectivity index (χ3n) is 5.64. The molecule has 1 atom stereocenters. The van der Waals surface area contributed by atoms with Crippen molar-refractivity contribution >= 4 is 28.7 Å². The Balaban J connectivity index is 1.71. The first-order valence-corrected chi connectivity index (χ1v) is 11.2. The second kappa shape index (κ2) is 10.0. The molecular weight excluding hydrogens is 421 g/mol. The predicted molar refractivity (Wildman–Crippen MR) is 125 cm³/mol. The predicted octanol–water partition coefficient (Wildman–Crippen LogP) is 5.20. The average molecular weight is 448 g/mol. The van der Waals surface area contributed by atoms with Crippen molar-refractivity contribution in [3.8, 4) is 11.1 Å². The van der Waals surface area contributed by atoms with Crippen molar-refractivity contribution in [3.05, 3.63) is 71.7 Å². The van der Waals surface area contributed by atoms with E-state index in [1.54, 1.807) is 25.1 Å². The summed E-state index contributed by atoms with van der Waals surface area (Å²) in [4.78, 5) is 29.0. The molecule has 4 rings (SSSR count). The van der Waals surface area contributed by atoms with E-state index in [0.717, 1.165) is 46.1 Å². The number of rotatable bonds is 9. The molecule has 1 aromatic heterocycles. The standard InChI is InChI=1S/C27H26FNO4/c1-2-33-25(32)16-21(31)15-20(30)13-14-23-26(17-9-11-19(28)12-10-17)22-5-3-4-6-24(22)29-27(23)18-7-8-18/h3-6,9-14,18,21,31H,2,7-8,15-16H2,1H3/b14-13+. The maximum absolute atomic E-state index is 13.6. The lowest BCUT2D eigenvalue weighted by atomic mass is 9.92. The van der Waals surface area contributed by atoms with Gasteiger partial charge in [-0.3, -0.25) is 14.6 Å². The molecule has 1 aliphatic rings. The van der Waals surface area contributed by atoms with Gasteiger partial charge in [0.05, 0.1) is 30.3 Å². The van der Waals surface area contributed by atoms with Crippen molar-refractivity contribution < 1.29 is 23.8 Å². The van der Waals surface area contributed by atoms with Crippen LogP contribution in [0.4, 0.5) is 4.39 Å². The Morgan fingerprint density at radius 3 is 2.58 bits per heavy atom. The van der Waals surface area contributed by atoms with Crippen LogP contribution < -0.4 is 0 Å². The number of pyridine rings is 1. The van der Waals surface area contributed by atoms with Crippen LogP contribution in [0.3, 0.4) is 0 Å².